The Morgan fingerprint density at radius 1 is 1.22 bits per heavy atom. The van der Waals surface area contributed by atoms with Crippen molar-refractivity contribution in [1.29, 1.82) is 0 Å². The minimum atomic E-state index is -0.425. The van der Waals surface area contributed by atoms with E-state index in [0.717, 1.165) is 52.0 Å². The standard InChI is InChI=1S/C19H35B2N3O3/c1-4-24(14(2)25)15-5-8-22(9-6-15)16-11-19(12-16)7-10-23(13-19)17(26)27-18(3,20)21/h15-16H,4-13,20-21H2,1-3H3. The van der Waals surface area contributed by atoms with Crippen molar-refractivity contribution < 1.29 is 14.3 Å². The van der Waals surface area contributed by atoms with E-state index in [2.05, 4.69) is 11.8 Å². The van der Waals surface area contributed by atoms with Gasteiger partial charge in [0, 0.05) is 57.1 Å². The maximum atomic E-state index is 12.3. The van der Waals surface area contributed by atoms with Crippen LogP contribution < -0.4 is 0 Å². The number of likely N-dealkylation sites (tertiary alicyclic amines) is 2. The molecule has 2 amide bonds. The average Bonchev–Trinajstić information content (AvgIpc) is 2.99. The van der Waals surface area contributed by atoms with Crippen LogP contribution in [0.15, 0.2) is 0 Å². The maximum absolute atomic E-state index is 12.3. The fraction of sp³-hybridized carbons (Fsp3) is 0.895. The number of piperidine rings is 1. The Labute approximate surface area is 165 Å². The third-order valence-electron chi connectivity index (χ3n) is 6.63. The van der Waals surface area contributed by atoms with E-state index in [1.165, 1.54) is 12.8 Å². The summed E-state index contributed by atoms with van der Waals surface area (Å²) in [6.07, 6.45) is 5.50. The molecule has 6 nitrogen and oxygen atoms in total. The summed E-state index contributed by atoms with van der Waals surface area (Å²) in [5, 5.41) is -0.425. The molecule has 0 aromatic heterocycles. The Kier molecular flexibility index (Phi) is 5.85. The lowest BCUT2D eigenvalue weighted by Crippen LogP contribution is -2.56. The molecule has 0 aromatic carbocycles. The third-order valence-corrected chi connectivity index (χ3v) is 6.63. The summed E-state index contributed by atoms with van der Waals surface area (Å²) < 4.78 is 5.54. The number of hydrogen-bond acceptors (Lipinski definition) is 4. The van der Waals surface area contributed by atoms with E-state index in [1.807, 2.05) is 32.4 Å². The van der Waals surface area contributed by atoms with Crippen LogP contribution in [0.25, 0.3) is 0 Å². The molecule has 0 bridgehead atoms. The summed E-state index contributed by atoms with van der Waals surface area (Å²) in [5.74, 6) is 0.201. The molecule has 1 aliphatic carbocycles. The lowest BCUT2D eigenvalue weighted by molar-refractivity contribution is -0.132. The van der Waals surface area contributed by atoms with Gasteiger partial charge in [0.2, 0.25) is 5.91 Å². The first-order valence-electron chi connectivity index (χ1n) is 10.6. The molecule has 3 aliphatic rings. The van der Waals surface area contributed by atoms with Gasteiger partial charge in [-0.25, -0.2) is 4.79 Å². The largest absolute Gasteiger partial charge is 0.462 e. The predicted molar refractivity (Wildman–Crippen MR) is 111 cm³/mol. The van der Waals surface area contributed by atoms with Gasteiger partial charge in [0.05, 0.1) is 0 Å². The third kappa shape index (κ3) is 4.64. The second-order valence-corrected chi connectivity index (χ2v) is 9.79. The molecule has 27 heavy (non-hydrogen) atoms. The van der Waals surface area contributed by atoms with Gasteiger partial charge in [-0.3, -0.25) is 4.79 Å². The zero-order valence-electron chi connectivity index (χ0n) is 17.8. The molecule has 8 heteroatoms. The van der Waals surface area contributed by atoms with Gasteiger partial charge in [-0.05, 0) is 51.4 Å². The van der Waals surface area contributed by atoms with Crippen molar-refractivity contribution >= 4 is 27.7 Å². The SMILES string of the molecule is BC(B)(C)OC(=O)N1CCC2(CC(N3CCC(N(CC)C(C)=O)CC3)C2)C1. The van der Waals surface area contributed by atoms with Crippen LogP contribution in [-0.2, 0) is 9.53 Å². The van der Waals surface area contributed by atoms with Crippen molar-refractivity contribution in [3.8, 4) is 0 Å². The van der Waals surface area contributed by atoms with Crippen LogP contribution in [0.4, 0.5) is 4.79 Å². The van der Waals surface area contributed by atoms with E-state index in [1.54, 1.807) is 6.92 Å². The number of nitrogens with zero attached hydrogens (tertiary/aromatic N) is 3. The molecule has 0 radical (unpaired) electrons. The van der Waals surface area contributed by atoms with Gasteiger partial charge in [-0.2, -0.15) is 0 Å². The van der Waals surface area contributed by atoms with Gasteiger partial charge in [0.15, 0.2) is 0 Å². The van der Waals surface area contributed by atoms with Crippen molar-refractivity contribution in [2.75, 3.05) is 32.7 Å². The number of ether oxygens (including phenoxy) is 1. The topological polar surface area (TPSA) is 53.1 Å². The Bertz CT molecular complexity index is 567. The highest BCUT2D eigenvalue weighted by molar-refractivity contribution is 6.39. The number of carbonyl (C=O) groups is 2. The zero-order valence-corrected chi connectivity index (χ0v) is 17.8. The van der Waals surface area contributed by atoms with Gasteiger partial charge >= 0.3 is 6.09 Å². The summed E-state index contributed by atoms with van der Waals surface area (Å²) in [5.41, 5.74) is 0.313. The van der Waals surface area contributed by atoms with Crippen molar-refractivity contribution in [3.63, 3.8) is 0 Å². The van der Waals surface area contributed by atoms with E-state index in [4.69, 9.17) is 4.74 Å². The molecule has 0 N–H and O–H groups in total. The number of carbonyl (C=O) groups excluding carboxylic acids is 2. The number of rotatable bonds is 4. The van der Waals surface area contributed by atoms with Crippen LogP contribution in [0.5, 0.6) is 0 Å². The van der Waals surface area contributed by atoms with Gasteiger partial charge in [-0.1, -0.05) is 0 Å². The van der Waals surface area contributed by atoms with E-state index >= 15 is 0 Å². The number of amides is 2. The molecular formula is C19H35B2N3O3. The molecule has 1 spiro atoms. The molecule has 1 saturated carbocycles. The molecule has 2 heterocycles. The minimum absolute atomic E-state index is 0.160. The van der Waals surface area contributed by atoms with Crippen LogP contribution in [0.1, 0.15) is 52.9 Å². The Morgan fingerprint density at radius 2 is 1.85 bits per heavy atom. The monoisotopic (exact) mass is 375 g/mol. The summed E-state index contributed by atoms with van der Waals surface area (Å²) >= 11 is 0. The fourth-order valence-corrected chi connectivity index (χ4v) is 5.25. The van der Waals surface area contributed by atoms with Crippen molar-refractivity contribution in [3.05, 3.63) is 0 Å². The molecule has 0 aromatic rings. The van der Waals surface area contributed by atoms with Crippen molar-refractivity contribution in [1.82, 2.24) is 14.7 Å². The van der Waals surface area contributed by atoms with E-state index in [0.29, 0.717) is 17.5 Å². The molecule has 150 valence electrons. The quantitative estimate of drug-likeness (QED) is 0.662. The Balaban J connectivity index is 1.44. The Hall–Kier alpha value is -1.17. The average molecular weight is 375 g/mol. The van der Waals surface area contributed by atoms with Gasteiger partial charge in [-0.15, -0.1) is 0 Å². The molecule has 0 unspecified atom stereocenters. The summed E-state index contributed by atoms with van der Waals surface area (Å²) in [4.78, 5) is 30.6. The first-order chi connectivity index (χ1) is 12.6. The second kappa shape index (κ2) is 7.69. The minimum Gasteiger partial charge on any atom is -0.462 e. The van der Waals surface area contributed by atoms with Crippen LogP contribution in [0.2, 0.25) is 0 Å². The van der Waals surface area contributed by atoms with Crippen LogP contribution in [0, 0.1) is 5.41 Å². The highest BCUT2D eigenvalue weighted by Crippen LogP contribution is 2.50. The highest BCUT2D eigenvalue weighted by Gasteiger charge is 2.51. The normalized spacial score (nSPS) is 29.6. The Morgan fingerprint density at radius 3 is 2.37 bits per heavy atom. The molecular weight excluding hydrogens is 340 g/mol. The summed E-state index contributed by atoms with van der Waals surface area (Å²) in [6.45, 7) is 10.3. The summed E-state index contributed by atoms with van der Waals surface area (Å²) in [7, 11) is 3.84. The van der Waals surface area contributed by atoms with Crippen LogP contribution in [0.3, 0.4) is 0 Å². The van der Waals surface area contributed by atoms with Gasteiger partial charge in [0.25, 0.3) is 0 Å². The maximum Gasteiger partial charge on any atom is 0.408 e. The zero-order chi connectivity index (χ0) is 19.8. The van der Waals surface area contributed by atoms with E-state index in [-0.39, 0.29) is 12.0 Å². The smallest absolute Gasteiger partial charge is 0.408 e. The van der Waals surface area contributed by atoms with E-state index in [9.17, 15) is 9.59 Å². The summed E-state index contributed by atoms with van der Waals surface area (Å²) in [6, 6.07) is 1.06. The first-order valence-corrected chi connectivity index (χ1v) is 10.6. The molecule has 3 fully saturated rings. The first kappa shape index (κ1) is 20.6. The molecule has 2 aliphatic heterocycles. The lowest BCUT2D eigenvalue weighted by atomic mass is 9.64. The fourth-order valence-electron chi connectivity index (χ4n) is 5.25. The van der Waals surface area contributed by atoms with Crippen molar-refractivity contribution in [2.45, 2.75) is 70.4 Å². The molecule has 3 rings (SSSR count). The number of hydrogen-bond donors (Lipinski definition) is 0. The van der Waals surface area contributed by atoms with Gasteiger partial charge in [0.1, 0.15) is 15.7 Å². The molecule has 0 atom stereocenters. The predicted octanol–water partition coefficient (Wildman–Crippen LogP) is 0.250. The van der Waals surface area contributed by atoms with Gasteiger partial charge < -0.3 is 19.4 Å². The molecule has 2 saturated heterocycles. The van der Waals surface area contributed by atoms with Crippen LogP contribution in [-0.4, -0.2) is 92.6 Å². The highest BCUT2D eigenvalue weighted by atomic mass is 16.6. The second-order valence-electron chi connectivity index (χ2n) is 9.79. The van der Waals surface area contributed by atoms with E-state index < -0.39 is 5.40 Å². The van der Waals surface area contributed by atoms with Crippen molar-refractivity contribution in [2.24, 2.45) is 5.41 Å². The van der Waals surface area contributed by atoms with Crippen LogP contribution >= 0.6 is 0 Å². The lowest BCUT2D eigenvalue weighted by Gasteiger charge is -2.52.